The zero-order chi connectivity index (χ0) is 11.5. The van der Waals surface area contributed by atoms with E-state index in [9.17, 15) is 0 Å². The van der Waals surface area contributed by atoms with Gasteiger partial charge in [-0.15, -0.1) is 0 Å². The van der Waals surface area contributed by atoms with Gasteiger partial charge in [0, 0.05) is 11.0 Å². The van der Waals surface area contributed by atoms with Crippen molar-refractivity contribution in [1.82, 2.24) is 0 Å². The van der Waals surface area contributed by atoms with Crippen LogP contribution in [0.3, 0.4) is 0 Å². The highest BCUT2D eigenvalue weighted by molar-refractivity contribution is 6.05. The van der Waals surface area contributed by atoms with Crippen molar-refractivity contribution in [2.75, 3.05) is 0 Å². The van der Waals surface area contributed by atoms with E-state index in [0.717, 1.165) is 5.56 Å². The van der Waals surface area contributed by atoms with Gasteiger partial charge in [0.1, 0.15) is 11.7 Å². The molecule has 0 aliphatic rings. The van der Waals surface area contributed by atoms with Gasteiger partial charge in [0.25, 0.3) is 0 Å². The molecule has 1 aromatic carbocycles. The molecular weight excluding hydrogens is 186 g/mol. The lowest BCUT2D eigenvalue weighted by Crippen LogP contribution is -2.22. The third-order valence-electron chi connectivity index (χ3n) is 2.01. The summed E-state index contributed by atoms with van der Waals surface area (Å²) in [4.78, 5) is 4.10. The van der Waals surface area contributed by atoms with Crippen molar-refractivity contribution in [2.24, 2.45) is 16.1 Å². The minimum absolute atomic E-state index is 0.264. The maximum absolute atomic E-state index is 7.75. The van der Waals surface area contributed by atoms with E-state index in [0.29, 0.717) is 11.7 Å². The number of benzene rings is 1. The van der Waals surface area contributed by atoms with E-state index >= 15 is 0 Å². The zero-order valence-corrected chi connectivity index (χ0v) is 9.41. The van der Waals surface area contributed by atoms with E-state index in [-0.39, 0.29) is 5.41 Å². The second kappa shape index (κ2) is 4.26. The Morgan fingerprint density at radius 2 is 1.73 bits per heavy atom. The summed E-state index contributed by atoms with van der Waals surface area (Å²) in [6, 6.07) is 9.49. The standard InChI is InChI=1S/C12H17N3/c1-12(2,3)11(14)15-10(13)9-7-5-4-6-8-9/h4-8H,1-3H3,(H3,13,14,15). The molecule has 3 heteroatoms. The van der Waals surface area contributed by atoms with Gasteiger partial charge < -0.3 is 5.73 Å². The van der Waals surface area contributed by atoms with Crippen LogP contribution in [-0.4, -0.2) is 11.7 Å². The molecule has 0 unspecified atom stereocenters. The van der Waals surface area contributed by atoms with Crippen LogP contribution in [0.5, 0.6) is 0 Å². The number of nitrogens with zero attached hydrogens (tertiary/aromatic N) is 1. The fourth-order valence-electron chi connectivity index (χ4n) is 0.962. The molecule has 3 nitrogen and oxygen atoms in total. The van der Waals surface area contributed by atoms with Crippen molar-refractivity contribution in [3.63, 3.8) is 0 Å². The number of nitrogens with one attached hydrogen (secondary N) is 1. The summed E-state index contributed by atoms with van der Waals surface area (Å²) in [5, 5.41) is 7.75. The predicted molar refractivity (Wildman–Crippen MR) is 64.3 cm³/mol. The first-order chi connectivity index (χ1) is 6.91. The van der Waals surface area contributed by atoms with E-state index in [2.05, 4.69) is 4.99 Å². The number of aliphatic imine (C=N–C) groups is 1. The van der Waals surface area contributed by atoms with E-state index in [1.165, 1.54) is 0 Å². The van der Waals surface area contributed by atoms with Gasteiger partial charge in [-0.1, -0.05) is 51.1 Å². The first kappa shape index (κ1) is 11.4. The van der Waals surface area contributed by atoms with Crippen LogP contribution in [0.1, 0.15) is 26.3 Å². The average Bonchev–Trinajstić information content (AvgIpc) is 2.17. The quantitative estimate of drug-likeness (QED) is 0.534. The number of rotatable bonds is 1. The molecule has 0 amide bonds. The Kier molecular flexibility index (Phi) is 3.24. The summed E-state index contributed by atoms with van der Waals surface area (Å²) in [5.41, 5.74) is 6.39. The normalized spacial score (nSPS) is 12.6. The van der Waals surface area contributed by atoms with Gasteiger partial charge >= 0.3 is 0 Å². The highest BCUT2D eigenvalue weighted by Crippen LogP contribution is 2.15. The van der Waals surface area contributed by atoms with Gasteiger partial charge in [0.15, 0.2) is 0 Å². The Labute approximate surface area is 90.5 Å². The third kappa shape index (κ3) is 3.20. The van der Waals surface area contributed by atoms with Gasteiger partial charge in [0.2, 0.25) is 0 Å². The molecule has 0 aliphatic carbocycles. The molecule has 0 aliphatic heterocycles. The molecule has 0 fully saturated rings. The van der Waals surface area contributed by atoms with Gasteiger partial charge in [-0.25, -0.2) is 4.99 Å². The molecular formula is C12H17N3. The van der Waals surface area contributed by atoms with Crippen LogP contribution in [0, 0.1) is 10.8 Å². The number of hydrogen-bond donors (Lipinski definition) is 2. The van der Waals surface area contributed by atoms with Crippen molar-refractivity contribution >= 4 is 11.7 Å². The lowest BCUT2D eigenvalue weighted by atomic mass is 9.95. The molecule has 1 aromatic rings. The molecule has 0 spiro atoms. The first-order valence-corrected chi connectivity index (χ1v) is 4.90. The number of amidine groups is 2. The smallest absolute Gasteiger partial charge is 0.132 e. The molecule has 0 saturated carbocycles. The van der Waals surface area contributed by atoms with Crippen molar-refractivity contribution in [3.05, 3.63) is 35.9 Å². The molecule has 15 heavy (non-hydrogen) atoms. The Morgan fingerprint density at radius 3 is 2.20 bits per heavy atom. The van der Waals surface area contributed by atoms with Crippen molar-refractivity contribution < 1.29 is 0 Å². The minimum Gasteiger partial charge on any atom is -0.383 e. The summed E-state index contributed by atoms with van der Waals surface area (Å²) < 4.78 is 0. The second-order valence-corrected chi connectivity index (χ2v) is 4.46. The number of hydrogen-bond acceptors (Lipinski definition) is 1. The lowest BCUT2D eigenvalue weighted by molar-refractivity contribution is 0.581. The molecule has 0 saturated heterocycles. The monoisotopic (exact) mass is 203 g/mol. The summed E-state index contributed by atoms with van der Waals surface area (Å²) in [6.45, 7) is 5.82. The molecule has 0 heterocycles. The average molecular weight is 203 g/mol. The van der Waals surface area contributed by atoms with Crippen LogP contribution in [0.2, 0.25) is 0 Å². The predicted octanol–water partition coefficient (Wildman–Crippen LogP) is 2.42. The van der Waals surface area contributed by atoms with E-state index < -0.39 is 0 Å². The fraction of sp³-hybridized carbons (Fsp3) is 0.333. The van der Waals surface area contributed by atoms with Crippen LogP contribution in [0.4, 0.5) is 0 Å². The second-order valence-electron chi connectivity index (χ2n) is 4.46. The van der Waals surface area contributed by atoms with Gasteiger partial charge in [-0.2, -0.15) is 0 Å². The van der Waals surface area contributed by atoms with E-state index in [4.69, 9.17) is 11.1 Å². The number of nitrogens with two attached hydrogens (primary N) is 1. The highest BCUT2D eigenvalue weighted by Gasteiger charge is 2.16. The van der Waals surface area contributed by atoms with Gasteiger partial charge in [-0.05, 0) is 0 Å². The molecule has 1 rings (SSSR count). The SMILES string of the molecule is CC(C)(C)C(=N)/N=C(\N)c1ccccc1. The van der Waals surface area contributed by atoms with Crippen molar-refractivity contribution in [3.8, 4) is 0 Å². The zero-order valence-electron chi connectivity index (χ0n) is 9.41. The molecule has 0 radical (unpaired) electrons. The molecule has 0 aromatic heterocycles. The fourth-order valence-corrected chi connectivity index (χ4v) is 0.962. The van der Waals surface area contributed by atoms with Gasteiger partial charge in [-0.3, -0.25) is 5.41 Å². The largest absolute Gasteiger partial charge is 0.383 e. The highest BCUT2D eigenvalue weighted by atomic mass is 14.9. The summed E-state index contributed by atoms with van der Waals surface area (Å²) >= 11 is 0. The van der Waals surface area contributed by atoms with Crippen molar-refractivity contribution in [2.45, 2.75) is 20.8 Å². The lowest BCUT2D eigenvalue weighted by Gasteiger charge is -2.16. The van der Waals surface area contributed by atoms with Crippen LogP contribution in [0.15, 0.2) is 35.3 Å². The molecule has 80 valence electrons. The maximum atomic E-state index is 7.75. The van der Waals surface area contributed by atoms with E-state index in [1.54, 1.807) is 0 Å². The topological polar surface area (TPSA) is 62.2 Å². The van der Waals surface area contributed by atoms with Crippen LogP contribution < -0.4 is 5.73 Å². The summed E-state index contributed by atoms with van der Waals surface area (Å²) in [5.74, 6) is 0.694. The molecule has 3 N–H and O–H groups in total. The van der Waals surface area contributed by atoms with Crippen molar-refractivity contribution in [1.29, 1.82) is 5.41 Å². The minimum atomic E-state index is -0.264. The molecule has 0 atom stereocenters. The maximum Gasteiger partial charge on any atom is 0.132 e. The summed E-state index contributed by atoms with van der Waals surface area (Å²) in [7, 11) is 0. The van der Waals surface area contributed by atoms with Crippen LogP contribution in [-0.2, 0) is 0 Å². The Hall–Kier alpha value is -1.64. The van der Waals surface area contributed by atoms with E-state index in [1.807, 2.05) is 51.1 Å². The first-order valence-electron chi connectivity index (χ1n) is 4.90. The Morgan fingerprint density at radius 1 is 1.20 bits per heavy atom. The summed E-state index contributed by atoms with van der Waals surface area (Å²) in [6.07, 6.45) is 0. The van der Waals surface area contributed by atoms with Gasteiger partial charge in [0.05, 0.1) is 0 Å². The van der Waals surface area contributed by atoms with Crippen LogP contribution >= 0.6 is 0 Å². The third-order valence-corrected chi connectivity index (χ3v) is 2.01. The Balaban J connectivity index is 2.91. The molecule has 0 bridgehead atoms. The van der Waals surface area contributed by atoms with Crippen LogP contribution in [0.25, 0.3) is 0 Å². The Bertz CT molecular complexity index is 372.